The van der Waals surface area contributed by atoms with Crippen LogP contribution in [0.15, 0.2) is 24.5 Å². The third-order valence-corrected chi connectivity index (χ3v) is 8.16. The zero-order chi connectivity index (χ0) is 28.2. The van der Waals surface area contributed by atoms with Gasteiger partial charge in [-0.1, -0.05) is 13.8 Å². The van der Waals surface area contributed by atoms with Gasteiger partial charge in [0.05, 0.1) is 5.56 Å². The molecule has 2 fully saturated rings. The van der Waals surface area contributed by atoms with E-state index in [9.17, 15) is 9.18 Å². The van der Waals surface area contributed by atoms with Crippen molar-refractivity contribution < 1.29 is 13.9 Å². The van der Waals surface area contributed by atoms with Gasteiger partial charge in [-0.05, 0) is 77.7 Å². The number of carbonyl (C=O) groups is 1. The number of hydrogen-bond donors (Lipinski definition) is 1. The molecule has 39 heavy (non-hydrogen) atoms. The van der Waals surface area contributed by atoms with Crippen LogP contribution in [0, 0.1) is 17.2 Å². The molecule has 9 nitrogen and oxygen atoms in total. The molecule has 3 heterocycles. The fourth-order valence-electron chi connectivity index (χ4n) is 6.15. The Balaban J connectivity index is 1.49. The molecule has 1 aromatic heterocycles. The second kappa shape index (κ2) is 12.6. The summed E-state index contributed by atoms with van der Waals surface area (Å²) in [6.07, 6.45) is 4.89. The monoisotopic (exact) mass is 541 g/mol. The van der Waals surface area contributed by atoms with Crippen LogP contribution in [-0.2, 0) is 0 Å². The highest BCUT2D eigenvalue weighted by molar-refractivity contribution is 5.97. The smallest absolute Gasteiger partial charge is 0.282 e. The van der Waals surface area contributed by atoms with Crippen molar-refractivity contribution in [3.05, 3.63) is 35.9 Å². The lowest BCUT2D eigenvalue weighted by atomic mass is 9.76. The van der Waals surface area contributed by atoms with Crippen molar-refractivity contribution >= 4 is 11.7 Å². The average Bonchev–Trinajstić information content (AvgIpc) is 3.33. The molecule has 10 heteroatoms. The number of ether oxygens (including phenoxy) is 1. The molecule has 1 atom stereocenters. The largest absolute Gasteiger partial charge is 0.434 e. The SMILES string of the molecule is CCN(C(=O)c1cc(F)ccc1Oc1nncnc1N1CCC2(C1)CN([C@H](CCCNC)C(C)C)C2)C(C)C. The van der Waals surface area contributed by atoms with Crippen LogP contribution in [0.3, 0.4) is 0 Å². The minimum Gasteiger partial charge on any atom is -0.434 e. The van der Waals surface area contributed by atoms with Crippen molar-refractivity contribution in [1.29, 1.82) is 0 Å². The molecule has 0 radical (unpaired) electrons. The number of nitrogens with one attached hydrogen (secondary N) is 1. The van der Waals surface area contributed by atoms with E-state index in [0.717, 1.165) is 39.1 Å². The molecule has 1 aromatic carbocycles. The van der Waals surface area contributed by atoms with Gasteiger partial charge < -0.3 is 19.9 Å². The molecule has 0 bridgehead atoms. The zero-order valence-corrected chi connectivity index (χ0v) is 24.3. The predicted molar refractivity (Wildman–Crippen MR) is 151 cm³/mol. The molecule has 0 aliphatic carbocycles. The summed E-state index contributed by atoms with van der Waals surface area (Å²) in [5.41, 5.74) is 0.390. The summed E-state index contributed by atoms with van der Waals surface area (Å²) in [6, 6.07) is 4.55. The number of carbonyl (C=O) groups excluding carboxylic acids is 1. The van der Waals surface area contributed by atoms with E-state index in [0.29, 0.717) is 24.3 Å². The minimum absolute atomic E-state index is 0.0335. The number of likely N-dealkylation sites (tertiary alicyclic amines) is 1. The van der Waals surface area contributed by atoms with Crippen LogP contribution >= 0.6 is 0 Å². The van der Waals surface area contributed by atoms with Crippen molar-refractivity contribution in [2.45, 2.75) is 66.0 Å². The zero-order valence-electron chi connectivity index (χ0n) is 24.3. The molecular formula is C29H44FN7O2. The fraction of sp³-hybridized carbons (Fsp3) is 0.655. The molecule has 214 valence electrons. The third kappa shape index (κ3) is 6.49. The summed E-state index contributed by atoms with van der Waals surface area (Å²) in [7, 11) is 2.01. The summed E-state index contributed by atoms with van der Waals surface area (Å²) in [4.78, 5) is 24.3. The van der Waals surface area contributed by atoms with Crippen LogP contribution in [0.1, 0.15) is 64.2 Å². The van der Waals surface area contributed by atoms with E-state index in [1.165, 1.54) is 37.4 Å². The Kier molecular flexibility index (Phi) is 9.38. The average molecular weight is 542 g/mol. The lowest BCUT2D eigenvalue weighted by molar-refractivity contribution is -0.0338. The number of benzene rings is 1. The highest BCUT2D eigenvalue weighted by Crippen LogP contribution is 2.44. The molecular weight excluding hydrogens is 497 g/mol. The van der Waals surface area contributed by atoms with Crippen LogP contribution in [0.4, 0.5) is 10.2 Å². The van der Waals surface area contributed by atoms with Gasteiger partial charge in [-0.3, -0.25) is 9.69 Å². The van der Waals surface area contributed by atoms with Crippen LogP contribution < -0.4 is 15.0 Å². The van der Waals surface area contributed by atoms with Gasteiger partial charge in [0.25, 0.3) is 11.8 Å². The first-order chi connectivity index (χ1) is 18.7. The van der Waals surface area contributed by atoms with E-state index in [2.05, 4.69) is 44.1 Å². The van der Waals surface area contributed by atoms with Gasteiger partial charge in [-0.15, -0.1) is 10.2 Å². The number of nitrogens with zero attached hydrogens (tertiary/aromatic N) is 6. The molecule has 2 aromatic rings. The van der Waals surface area contributed by atoms with Crippen molar-refractivity contribution in [1.82, 2.24) is 30.3 Å². The van der Waals surface area contributed by atoms with Gasteiger partial charge in [0, 0.05) is 50.2 Å². The van der Waals surface area contributed by atoms with Gasteiger partial charge >= 0.3 is 0 Å². The molecule has 1 amide bonds. The maximum Gasteiger partial charge on any atom is 0.282 e. The summed E-state index contributed by atoms with van der Waals surface area (Å²) >= 11 is 0. The Morgan fingerprint density at radius 1 is 1.23 bits per heavy atom. The van der Waals surface area contributed by atoms with E-state index < -0.39 is 5.82 Å². The molecule has 2 aliphatic heterocycles. The van der Waals surface area contributed by atoms with Crippen molar-refractivity contribution in [3.63, 3.8) is 0 Å². The summed E-state index contributed by atoms with van der Waals surface area (Å²) < 4.78 is 20.4. The molecule has 2 aliphatic rings. The topological polar surface area (TPSA) is 86.7 Å². The maximum absolute atomic E-state index is 14.2. The fourth-order valence-corrected chi connectivity index (χ4v) is 6.15. The quantitative estimate of drug-likeness (QED) is 0.400. The molecule has 1 N–H and O–H groups in total. The Morgan fingerprint density at radius 3 is 2.67 bits per heavy atom. The summed E-state index contributed by atoms with van der Waals surface area (Å²) in [5, 5.41) is 11.4. The molecule has 1 spiro atoms. The van der Waals surface area contributed by atoms with E-state index in [1.807, 2.05) is 27.8 Å². The first-order valence-corrected chi connectivity index (χ1v) is 14.3. The molecule has 0 unspecified atom stereocenters. The molecule has 2 saturated heterocycles. The second-order valence-electron chi connectivity index (χ2n) is 11.6. The van der Waals surface area contributed by atoms with E-state index in [-0.39, 0.29) is 34.6 Å². The third-order valence-electron chi connectivity index (χ3n) is 8.16. The van der Waals surface area contributed by atoms with Crippen LogP contribution in [-0.4, -0.2) is 89.3 Å². The second-order valence-corrected chi connectivity index (χ2v) is 11.6. The standard InChI is InChI=1S/C29H44FN7O2/c1-7-37(21(4)5)28(38)23-15-22(30)10-11-25(23)39-27-26(32-19-33-34-27)35-14-12-29(16-35)17-36(18-29)24(20(2)3)9-8-13-31-6/h10-11,15,19-21,24,31H,7-9,12-14,16-18H2,1-6H3/t24-/m1/s1. The van der Waals surface area contributed by atoms with Crippen LogP contribution in [0.2, 0.25) is 0 Å². The number of hydrogen-bond acceptors (Lipinski definition) is 8. The van der Waals surface area contributed by atoms with Crippen LogP contribution in [0.5, 0.6) is 11.6 Å². The highest BCUT2D eigenvalue weighted by atomic mass is 19.1. The first kappa shape index (κ1) is 29.1. The van der Waals surface area contributed by atoms with E-state index in [1.54, 1.807) is 4.90 Å². The first-order valence-electron chi connectivity index (χ1n) is 14.3. The number of halogens is 1. The number of anilines is 1. The minimum atomic E-state index is -0.496. The van der Waals surface area contributed by atoms with Crippen molar-refractivity contribution in [2.24, 2.45) is 11.3 Å². The number of rotatable bonds is 12. The van der Waals surface area contributed by atoms with Gasteiger partial charge in [0.15, 0.2) is 5.82 Å². The lowest BCUT2D eigenvalue weighted by Crippen LogP contribution is -2.62. The Morgan fingerprint density at radius 2 is 2.00 bits per heavy atom. The normalized spacial score (nSPS) is 17.6. The van der Waals surface area contributed by atoms with E-state index in [4.69, 9.17) is 4.74 Å². The van der Waals surface area contributed by atoms with Gasteiger partial charge in [0.2, 0.25) is 0 Å². The summed E-state index contributed by atoms with van der Waals surface area (Å²) in [5.74, 6) is 0.915. The number of amides is 1. The molecule has 4 rings (SSSR count). The number of aromatic nitrogens is 3. The molecule has 0 saturated carbocycles. The van der Waals surface area contributed by atoms with Gasteiger partial charge in [-0.25, -0.2) is 9.37 Å². The van der Waals surface area contributed by atoms with Crippen LogP contribution in [0.25, 0.3) is 0 Å². The van der Waals surface area contributed by atoms with Crippen molar-refractivity contribution in [3.8, 4) is 11.6 Å². The van der Waals surface area contributed by atoms with Crippen molar-refractivity contribution in [2.75, 3.05) is 51.2 Å². The van der Waals surface area contributed by atoms with Gasteiger partial charge in [-0.2, -0.15) is 0 Å². The predicted octanol–water partition coefficient (Wildman–Crippen LogP) is 4.21. The lowest BCUT2D eigenvalue weighted by Gasteiger charge is -2.53. The maximum atomic E-state index is 14.2. The Hall–Kier alpha value is -2.85. The highest BCUT2D eigenvalue weighted by Gasteiger charge is 2.50. The Bertz CT molecular complexity index is 1120. The van der Waals surface area contributed by atoms with E-state index >= 15 is 0 Å². The Labute approximate surface area is 232 Å². The summed E-state index contributed by atoms with van der Waals surface area (Å²) in [6.45, 7) is 15.8. The van der Waals surface area contributed by atoms with Gasteiger partial charge in [0.1, 0.15) is 17.9 Å².